The van der Waals surface area contributed by atoms with Gasteiger partial charge in [-0.25, -0.2) is 4.79 Å². The molecule has 112 valence electrons. The van der Waals surface area contributed by atoms with Crippen LogP contribution >= 0.6 is 23.2 Å². The first-order chi connectivity index (χ1) is 9.62. The van der Waals surface area contributed by atoms with E-state index in [1.165, 1.54) is 0 Å². The molecule has 0 aromatic heterocycles. The minimum absolute atomic E-state index is 0.409. The van der Waals surface area contributed by atoms with Gasteiger partial charge >= 0.3 is 5.97 Å². The number of alkyl halides is 2. The van der Waals surface area contributed by atoms with Crippen LogP contribution < -0.4 is 9.64 Å². The maximum Gasteiger partial charge on any atom is 0.344 e. The van der Waals surface area contributed by atoms with E-state index in [0.29, 0.717) is 37.0 Å². The number of carboxylic acid groups (broad SMARTS) is 1. The van der Waals surface area contributed by atoms with Gasteiger partial charge in [0.1, 0.15) is 5.75 Å². The summed E-state index contributed by atoms with van der Waals surface area (Å²) in [7, 11) is 0. The maximum absolute atomic E-state index is 11.0. The quantitative estimate of drug-likeness (QED) is 0.710. The molecule has 0 radical (unpaired) electrons. The van der Waals surface area contributed by atoms with Gasteiger partial charge < -0.3 is 14.7 Å². The smallest absolute Gasteiger partial charge is 0.344 e. The number of rotatable bonds is 9. The number of hydrogen-bond acceptors (Lipinski definition) is 3. The first-order valence-electron chi connectivity index (χ1n) is 6.48. The predicted octanol–water partition coefficient (Wildman–Crippen LogP) is 3.21. The summed E-state index contributed by atoms with van der Waals surface area (Å²) in [5, 5.41) is 9.01. The Labute approximate surface area is 129 Å². The lowest BCUT2D eigenvalue weighted by atomic mass is 10.2. The average molecular weight is 320 g/mol. The van der Waals surface area contributed by atoms with Crippen LogP contribution in [-0.2, 0) is 4.79 Å². The molecule has 0 fully saturated rings. The second kappa shape index (κ2) is 8.93. The molecule has 4 nitrogen and oxygen atoms in total. The fourth-order valence-corrected chi connectivity index (χ4v) is 2.21. The Morgan fingerprint density at radius 2 is 2.00 bits per heavy atom. The topological polar surface area (TPSA) is 49.8 Å². The Kier molecular flexibility index (Phi) is 7.55. The predicted molar refractivity (Wildman–Crippen MR) is 82.4 cm³/mol. The molecule has 1 aromatic rings. The molecule has 1 rings (SSSR count). The van der Waals surface area contributed by atoms with E-state index in [-0.39, 0.29) is 0 Å². The van der Waals surface area contributed by atoms with E-state index in [1.54, 1.807) is 13.0 Å². The molecule has 0 saturated carbocycles. The van der Waals surface area contributed by atoms with Gasteiger partial charge in [-0.3, -0.25) is 0 Å². The second-order valence-electron chi connectivity index (χ2n) is 4.22. The van der Waals surface area contributed by atoms with Crippen LogP contribution in [0.4, 0.5) is 5.69 Å². The summed E-state index contributed by atoms with van der Waals surface area (Å²) in [5.41, 5.74) is 0.920. The highest BCUT2D eigenvalue weighted by Gasteiger charge is 2.17. The molecule has 6 heteroatoms. The van der Waals surface area contributed by atoms with Crippen LogP contribution in [0.2, 0.25) is 0 Å². The van der Waals surface area contributed by atoms with Crippen molar-refractivity contribution in [1.82, 2.24) is 0 Å². The zero-order chi connectivity index (χ0) is 15.0. The van der Waals surface area contributed by atoms with Gasteiger partial charge in [0, 0.05) is 36.6 Å². The third-order valence-electron chi connectivity index (χ3n) is 2.82. The number of anilines is 1. The Morgan fingerprint density at radius 1 is 1.35 bits per heavy atom. The number of carboxylic acids is 1. The number of benzene rings is 1. The van der Waals surface area contributed by atoms with E-state index in [1.807, 2.05) is 23.1 Å². The van der Waals surface area contributed by atoms with Gasteiger partial charge in [-0.05, 0) is 18.6 Å². The van der Waals surface area contributed by atoms with Crippen molar-refractivity contribution in [3.8, 4) is 5.75 Å². The molecular weight excluding hydrogens is 301 g/mol. The number of hydrogen-bond donors (Lipinski definition) is 1. The summed E-state index contributed by atoms with van der Waals surface area (Å²) >= 11 is 11.6. The SMILES string of the molecule is CCC(Oc1cccc(N(CCCl)CCCl)c1)C(=O)O. The van der Waals surface area contributed by atoms with Crippen LogP contribution in [0.15, 0.2) is 24.3 Å². The molecule has 0 heterocycles. The average Bonchev–Trinajstić information content (AvgIpc) is 2.44. The highest BCUT2D eigenvalue weighted by molar-refractivity contribution is 6.18. The summed E-state index contributed by atoms with van der Waals surface area (Å²) in [4.78, 5) is 13.0. The lowest BCUT2D eigenvalue weighted by Gasteiger charge is -2.23. The van der Waals surface area contributed by atoms with E-state index in [2.05, 4.69) is 0 Å². The molecule has 1 atom stereocenters. The number of carbonyl (C=O) groups is 1. The van der Waals surface area contributed by atoms with Gasteiger partial charge in [0.2, 0.25) is 0 Å². The standard InChI is InChI=1S/C14H19Cl2NO3/c1-2-13(14(18)19)20-12-5-3-4-11(10-12)17(8-6-15)9-7-16/h3-5,10,13H,2,6-9H2,1H3,(H,18,19). The molecule has 1 aromatic carbocycles. The Hall–Kier alpha value is -1.13. The molecule has 0 spiro atoms. The van der Waals surface area contributed by atoms with E-state index >= 15 is 0 Å². The van der Waals surface area contributed by atoms with Gasteiger partial charge in [0.25, 0.3) is 0 Å². The molecule has 1 unspecified atom stereocenters. The number of aliphatic carboxylic acids is 1. The first kappa shape index (κ1) is 16.9. The summed E-state index contributed by atoms with van der Waals surface area (Å²) in [6.45, 7) is 3.12. The monoisotopic (exact) mass is 319 g/mol. The molecule has 0 saturated heterocycles. The van der Waals surface area contributed by atoms with Gasteiger partial charge in [-0.2, -0.15) is 0 Å². The highest BCUT2D eigenvalue weighted by atomic mass is 35.5. The first-order valence-corrected chi connectivity index (χ1v) is 7.55. The number of nitrogens with zero attached hydrogens (tertiary/aromatic N) is 1. The lowest BCUT2D eigenvalue weighted by molar-refractivity contribution is -0.145. The van der Waals surface area contributed by atoms with Crippen LogP contribution in [0.3, 0.4) is 0 Å². The van der Waals surface area contributed by atoms with Crippen molar-refractivity contribution in [1.29, 1.82) is 0 Å². The Morgan fingerprint density at radius 3 is 2.50 bits per heavy atom. The lowest BCUT2D eigenvalue weighted by Crippen LogP contribution is -2.28. The Bertz CT molecular complexity index is 423. The van der Waals surface area contributed by atoms with Gasteiger partial charge in [0.15, 0.2) is 6.10 Å². The van der Waals surface area contributed by atoms with Crippen molar-refractivity contribution in [2.24, 2.45) is 0 Å². The maximum atomic E-state index is 11.0. The van der Waals surface area contributed by atoms with E-state index < -0.39 is 12.1 Å². The molecule has 0 aliphatic heterocycles. The van der Waals surface area contributed by atoms with Crippen LogP contribution in [0.5, 0.6) is 5.75 Å². The molecule has 0 aliphatic carbocycles. The van der Waals surface area contributed by atoms with Crippen molar-refractivity contribution < 1.29 is 14.6 Å². The summed E-state index contributed by atoms with van der Waals surface area (Å²) in [5.74, 6) is 0.561. The van der Waals surface area contributed by atoms with Crippen molar-refractivity contribution in [3.05, 3.63) is 24.3 Å². The van der Waals surface area contributed by atoms with Crippen molar-refractivity contribution in [2.75, 3.05) is 29.7 Å². The van der Waals surface area contributed by atoms with E-state index in [0.717, 1.165) is 5.69 Å². The fraction of sp³-hybridized carbons (Fsp3) is 0.500. The van der Waals surface area contributed by atoms with E-state index in [9.17, 15) is 4.79 Å². The van der Waals surface area contributed by atoms with Gasteiger partial charge in [-0.15, -0.1) is 23.2 Å². The summed E-state index contributed by atoms with van der Waals surface area (Å²) < 4.78 is 5.48. The third-order valence-corrected chi connectivity index (χ3v) is 3.15. The Balaban J connectivity index is 2.85. The minimum atomic E-state index is -0.962. The summed E-state index contributed by atoms with van der Waals surface area (Å²) in [6.07, 6.45) is -0.424. The molecule has 0 bridgehead atoms. The van der Waals surface area contributed by atoms with E-state index in [4.69, 9.17) is 33.0 Å². The molecular formula is C14H19Cl2NO3. The van der Waals surface area contributed by atoms with Gasteiger partial charge in [-0.1, -0.05) is 13.0 Å². The zero-order valence-corrected chi connectivity index (χ0v) is 12.9. The largest absolute Gasteiger partial charge is 0.479 e. The molecule has 20 heavy (non-hydrogen) atoms. The molecule has 0 aliphatic rings. The zero-order valence-electron chi connectivity index (χ0n) is 11.4. The van der Waals surface area contributed by atoms with Crippen LogP contribution in [0.25, 0.3) is 0 Å². The van der Waals surface area contributed by atoms with Gasteiger partial charge in [0.05, 0.1) is 0 Å². The fourth-order valence-electron chi connectivity index (χ4n) is 1.80. The highest BCUT2D eigenvalue weighted by Crippen LogP contribution is 2.22. The molecule has 1 N–H and O–H groups in total. The van der Waals surface area contributed by atoms with Crippen molar-refractivity contribution in [2.45, 2.75) is 19.4 Å². The third kappa shape index (κ3) is 5.10. The number of halogens is 2. The normalized spacial score (nSPS) is 11.9. The number of ether oxygens (including phenoxy) is 1. The minimum Gasteiger partial charge on any atom is -0.479 e. The van der Waals surface area contributed by atoms with Crippen LogP contribution in [0, 0.1) is 0 Å². The second-order valence-corrected chi connectivity index (χ2v) is 4.97. The van der Waals surface area contributed by atoms with Crippen LogP contribution in [-0.4, -0.2) is 42.0 Å². The van der Waals surface area contributed by atoms with Crippen molar-refractivity contribution in [3.63, 3.8) is 0 Å². The van der Waals surface area contributed by atoms with Crippen molar-refractivity contribution >= 4 is 34.9 Å². The summed E-state index contributed by atoms with van der Waals surface area (Å²) in [6, 6.07) is 7.31. The molecule has 0 amide bonds. The van der Waals surface area contributed by atoms with Crippen LogP contribution in [0.1, 0.15) is 13.3 Å².